The van der Waals surface area contributed by atoms with E-state index in [-0.39, 0.29) is 17.8 Å². The van der Waals surface area contributed by atoms with Crippen molar-refractivity contribution in [3.05, 3.63) is 46.3 Å². The average Bonchev–Trinajstić information content (AvgIpc) is 2.18. The van der Waals surface area contributed by atoms with Crippen LogP contribution in [0.15, 0.2) is 29.2 Å². The smallest absolute Gasteiger partial charge is 0.309 e. The molecule has 0 saturated carbocycles. The van der Waals surface area contributed by atoms with Gasteiger partial charge in [-0.05, 0) is 12.1 Å². The van der Waals surface area contributed by atoms with Crippen LogP contribution in [-0.2, 0) is 11.2 Å². The lowest BCUT2D eigenvalue weighted by molar-refractivity contribution is -0.136. The minimum absolute atomic E-state index is 0.157. The van der Waals surface area contributed by atoms with E-state index in [0.29, 0.717) is 0 Å². The zero-order chi connectivity index (χ0) is 11.7. The number of hydrogen-bond acceptors (Lipinski definition) is 3. The number of carbonyl (C=O) groups is 1. The van der Waals surface area contributed by atoms with E-state index in [4.69, 9.17) is 5.11 Å². The fraction of sp³-hybridized carbons (Fsp3) is 0.100. The number of pyridine rings is 1. The van der Waals surface area contributed by atoms with E-state index in [2.05, 4.69) is 4.98 Å². The number of carboxylic acid groups (broad SMARTS) is 1. The van der Waals surface area contributed by atoms with Crippen LogP contribution in [0.3, 0.4) is 0 Å². The quantitative estimate of drug-likeness (QED) is 0.801. The number of aromatic nitrogens is 2. The molecule has 2 aromatic rings. The highest BCUT2D eigenvalue weighted by Gasteiger charge is 2.06. The van der Waals surface area contributed by atoms with Gasteiger partial charge in [0.25, 0.3) is 5.56 Å². The molecule has 16 heavy (non-hydrogen) atoms. The normalized spacial score (nSPS) is 10.6. The van der Waals surface area contributed by atoms with Crippen LogP contribution in [-0.4, -0.2) is 20.5 Å². The van der Waals surface area contributed by atoms with Crippen molar-refractivity contribution in [3.63, 3.8) is 0 Å². The molecule has 82 valence electrons. The van der Waals surface area contributed by atoms with E-state index in [0.717, 1.165) is 22.7 Å². The summed E-state index contributed by atoms with van der Waals surface area (Å²) in [6.45, 7) is 0. The van der Waals surface area contributed by atoms with Gasteiger partial charge in [0.05, 0.1) is 12.1 Å². The Labute approximate surface area is 88.8 Å². The zero-order valence-corrected chi connectivity index (χ0v) is 8.05. The van der Waals surface area contributed by atoms with Crippen LogP contribution >= 0.6 is 0 Å². The maximum absolute atomic E-state index is 12.8. The predicted molar refractivity (Wildman–Crippen MR) is 52.8 cm³/mol. The Morgan fingerprint density at radius 3 is 2.94 bits per heavy atom. The van der Waals surface area contributed by atoms with Crippen molar-refractivity contribution in [2.24, 2.45) is 0 Å². The first-order chi connectivity index (χ1) is 7.56. The second kappa shape index (κ2) is 3.73. The summed E-state index contributed by atoms with van der Waals surface area (Å²) >= 11 is 0. The number of nitrogens with zero attached hydrogens (tertiary/aromatic N) is 2. The van der Waals surface area contributed by atoms with Gasteiger partial charge in [0.15, 0.2) is 0 Å². The summed E-state index contributed by atoms with van der Waals surface area (Å²) in [4.78, 5) is 25.9. The molecular weight excluding hydrogens is 215 g/mol. The molecule has 0 aromatic carbocycles. The number of fused-ring (bicyclic) bond motifs is 1. The van der Waals surface area contributed by atoms with Crippen LogP contribution in [0.2, 0.25) is 0 Å². The zero-order valence-electron chi connectivity index (χ0n) is 8.05. The first kappa shape index (κ1) is 10.3. The minimum atomic E-state index is -1.07. The maximum atomic E-state index is 12.8. The fourth-order valence-corrected chi connectivity index (χ4v) is 1.37. The second-order valence-corrected chi connectivity index (χ2v) is 3.23. The van der Waals surface area contributed by atoms with Gasteiger partial charge in [-0.15, -0.1) is 0 Å². The van der Waals surface area contributed by atoms with Gasteiger partial charge in [-0.2, -0.15) is 0 Å². The van der Waals surface area contributed by atoms with Gasteiger partial charge in [-0.25, -0.2) is 9.37 Å². The SMILES string of the molecule is O=C(O)Cc1cc(=O)n2cc(F)ccc2n1. The van der Waals surface area contributed by atoms with Crippen LogP contribution < -0.4 is 5.56 Å². The summed E-state index contributed by atoms with van der Waals surface area (Å²) in [5.41, 5.74) is -0.116. The molecule has 1 N–H and O–H groups in total. The highest BCUT2D eigenvalue weighted by Crippen LogP contribution is 2.02. The fourth-order valence-electron chi connectivity index (χ4n) is 1.37. The van der Waals surface area contributed by atoms with E-state index < -0.39 is 17.3 Å². The number of aliphatic carboxylic acids is 1. The standard InChI is InChI=1S/C10H7FN2O3/c11-6-1-2-8-12-7(4-10(15)16)3-9(14)13(8)5-6/h1-3,5H,4H2,(H,15,16). The van der Waals surface area contributed by atoms with Crippen LogP contribution in [0, 0.1) is 5.82 Å². The molecule has 5 nitrogen and oxygen atoms in total. The predicted octanol–water partition coefficient (Wildman–Crippen LogP) is 0.461. The van der Waals surface area contributed by atoms with Crippen molar-refractivity contribution < 1.29 is 14.3 Å². The van der Waals surface area contributed by atoms with E-state index in [9.17, 15) is 14.0 Å². The molecule has 0 saturated heterocycles. The van der Waals surface area contributed by atoms with Crippen molar-refractivity contribution in [1.29, 1.82) is 0 Å². The largest absolute Gasteiger partial charge is 0.481 e. The van der Waals surface area contributed by atoms with Crippen LogP contribution in [0.4, 0.5) is 4.39 Å². The third kappa shape index (κ3) is 1.90. The molecule has 2 aromatic heterocycles. The van der Waals surface area contributed by atoms with Crippen LogP contribution in [0.5, 0.6) is 0 Å². The number of halogens is 1. The Morgan fingerprint density at radius 2 is 2.25 bits per heavy atom. The van der Waals surface area contributed by atoms with E-state index in [1.54, 1.807) is 0 Å². The molecule has 0 aliphatic rings. The summed E-state index contributed by atoms with van der Waals surface area (Å²) in [6.07, 6.45) is 0.679. The first-order valence-electron chi connectivity index (χ1n) is 4.46. The van der Waals surface area contributed by atoms with Gasteiger partial charge in [0.2, 0.25) is 0 Å². The van der Waals surface area contributed by atoms with Crippen molar-refractivity contribution in [2.45, 2.75) is 6.42 Å². The average molecular weight is 222 g/mol. The molecule has 0 aliphatic carbocycles. The Kier molecular flexibility index (Phi) is 2.40. The van der Waals surface area contributed by atoms with Crippen molar-refractivity contribution >= 4 is 11.6 Å². The molecule has 0 fully saturated rings. The molecule has 6 heteroatoms. The molecular formula is C10H7FN2O3. The molecule has 0 spiro atoms. The highest BCUT2D eigenvalue weighted by molar-refractivity contribution is 5.69. The van der Waals surface area contributed by atoms with Gasteiger partial charge in [-0.1, -0.05) is 0 Å². The molecule has 0 amide bonds. The van der Waals surface area contributed by atoms with Gasteiger partial charge >= 0.3 is 5.97 Å². The molecule has 0 atom stereocenters. The molecule has 0 aliphatic heterocycles. The molecule has 2 heterocycles. The maximum Gasteiger partial charge on any atom is 0.309 e. The lowest BCUT2D eigenvalue weighted by Gasteiger charge is -2.01. The molecule has 0 unspecified atom stereocenters. The molecule has 0 bridgehead atoms. The molecule has 2 rings (SSSR count). The Balaban J connectivity index is 2.64. The van der Waals surface area contributed by atoms with Crippen LogP contribution in [0.25, 0.3) is 5.65 Å². The first-order valence-corrected chi connectivity index (χ1v) is 4.46. The van der Waals surface area contributed by atoms with E-state index in [1.807, 2.05) is 0 Å². The van der Waals surface area contributed by atoms with Crippen molar-refractivity contribution in [3.8, 4) is 0 Å². The van der Waals surface area contributed by atoms with Crippen molar-refractivity contribution in [2.75, 3.05) is 0 Å². The van der Waals surface area contributed by atoms with Gasteiger partial charge in [0.1, 0.15) is 11.5 Å². The third-order valence-electron chi connectivity index (χ3n) is 2.01. The number of carboxylic acids is 1. The Hall–Kier alpha value is -2.24. The topological polar surface area (TPSA) is 71.7 Å². The second-order valence-electron chi connectivity index (χ2n) is 3.23. The summed E-state index contributed by atoms with van der Waals surface area (Å²) in [5, 5.41) is 8.57. The summed E-state index contributed by atoms with van der Waals surface area (Å²) in [6, 6.07) is 3.56. The monoisotopic (exact) mass is 222 g/mol. The van der Waals surface area contributed by atoms with Crippen LogP contribution in [0.1, 0.15) is 5.69 Å². The lowest BCUT2D eigenvalue weighted by Crippen LogP contribution is -2.17. The van der Waals surface area contributed by atoms with Gasteiger partial charge in [0, 0.05) is 12.3 Å². The lowest BCUT2D eigenvalue weighted by atomic mass is 10.3. The Morgan fingerprint density at radius 1 is 1.50 bits per heavy atom. The summed E-state index contributed by atoms with van der Waals surface area (Å²) in [5.74, 6) is -1.62. The summed E-state index contributed by atoms with van der Waals surface area (Å²) < 4.78 is 13.9. The minimum Gasteiger partial charge on any atom is -0.481 e. The number of rotatable bonds is 2. The molecule has 0 radical (unpaired) electrons. The van der Waals surface area contributed by atoms with E-state index >= 15 is 0 Å². The van der Waals surface area contributed by atoms with Crippen molar-refractivity contribution in [1.82, 2.24) is 9.38 Å². The highest BCUT2D eigenvalue weighted by atomic mass is 19.1. The summed E-state index contributed by atoms with van der Waals surface area (Å²) in [7, 11) is 0. The third-order valence-corrected chi connectivity index (χ3v) is 2.01. The number of hydrogen-bond donors (Lipinski definition) is 1. The van der Waals surface area contributed by atoms with E-state index in [1.165, 1.54) is 6.07 Å². The van der Waals surface area contributed by atoms with Gasteiger partial charge < -0.3 is 5.11 Å². The Bertz CT molecular complexity index is 621. The van der Waals surface area contributed by atoms with Gasteiger partial charge in [-0.3, -0.25) is 14.0 Å².